The van der Waals surface area contributed by atoms with Gasteiger partial charge in [-0.1, -0.05) is 29.5 Å². The summed E-state index contributed by atoms with van der Waals surface area (Å²) >= 11 is 0. The first-order chi connectivity index (χ1) is 14.4. The summed E-state index contributed by atoms with van der Waals surface area (Å²) in [7, 11) is -2.24. The lowest BCUT2D eigenvalue weighted by atomic mass is 10.1. The molecule has 0 spiro atoms. The largest absolute Gasteiger partial charge is 0.497 e. The molecular weight excluding hydrogens is 403 g/mol. The molecule has 5 nitrogen and oxygen atoms in total. The molecule has 7 heteroatoms. The minimum atomic E-state index is -3.82. The molecule has 0 aliphatic rings. The number of hydrazone groups is 1. The number of hydrogen-bond acceptors (Lipinski definition) is 4. The highest BCUT2D eigenvalue weighted by Crippen LogP contribution is 2.13. The SMILES string of the molecule is COc1ccc(C#Cc2ccc(F)cc2/C=N/NS(=O)(=O)c2ccc(C)cc2)cc1. The average molecular weight is 422 g/mol. The Labute approximate surface area is 175 Å². The fourth-order valence-electron chi connectivity index (χ4n) is 2.50. The zero-order valence-electron chi connectivity index (χ0n) is 16.4. The van der Waals surface area contributed by atoms with Crippen molar-refractivity contribution in [3.63, 3.8) is 0 Å². The van der Waals surface area contributed by atoms with Gasteiger partial charge in [-0.25, -0.2) is 9.22 Å². The van der Waals surface area contributed by atoms with E-state index in [1.54, 1.807) is 43.5 Å². The lowest BCUT2D eigenvalue weighted by Gasteiger charge is -2.04. The molecule has 0 fully saturated rings. The van der Waals surface area contributed by atoms with Gasteiger partial charge in [-0.15, -0.1) is 0 Å². The van der Waals surface area contributed by atoms with Crippen LogP contribution in [-0.2, 0) is 10.0 Å². The van der Waals surface area contributed by atoms with Gasteiger partial charge in [-0.2, -0.15) is 13.5 Å². The fourth-order valence-corrected chi connectivity index (χ4v) is 3.29. The Kier molecular flexibility index (Phi) is 6.50. The van der Waals surface area contributed by atoms with Crippen LogP contribution in [0, 0.1) is 24.6 Å². The summed E-state index contributed by atoms with van der Waals surface area (Å²) in [5, 5.41) is 3.78. The molecule has 0 aromatic heterocycles. The highest BCUT2D eigenvalue weighted by molar-refractivity contribution is 7.89. The Hall–Kier alpha value is -3.63. The van der Waals surface area contributed by atoms with E-state index >= 15 is 0 Å². The Balaban J connectivity index is 1.81. The molecule has 152 valence electrons. The van der Waals surface area contributed by atoms with Gasteiger partial charge in [0.25, 0.3) is 10.0 Å². The summed E-state index contributed by atoms with van der Waals surface area (Å²) in [6.45, 7) is 1.86. The molecule has 3 aromatic carbocycles. The molecule has 0 atom stereocenters. The topological polar surface area (TPSA) is 67.8 Å². The zero-order chi connectivity index (χ0) is 21.6. The van der Waals surface area contributed by atoms with Gasteiger partial charge in [-0.05, 0) is 61.5 Å². The zero-order valence-corrected chi connectivity index (χ0v) is 17.2. The van der Waals surface area contributed by atoms with Crippen molar-refractivity contribution in [2.75, 3.05) is 7.11 Å². The maximum absolute atomic E-state index is 13.7. The van der Waals surface area contributed by atoms with Crippen LogP contribution in [-0.4, -0.2) is 21.7 Å². The highest BCUT2D eigenvalue weighted by atomic mass is 32.2. The first-order valence-corrected chi connectivity index (χ1v) is 10.4. The minimum absolute atomic E-state index is 0.0870. The third kappa shape index (κ3) is 5.46. The third-order valence-electron chi connectivity index (χ3n) is 4.15. The van der Waals surface area contributed by atoms with E-state index < -0.39 is 15.8 Å². The number of sulfonamides is 1. The number of ether oxygens (including phenoxy) is 1. The van der Waals surface area contributed by atoms with Crippen molar-refractivity contribution >= 4 is 16.2 Å². The molecule has 0 radical (unpaired) electrons. The molecule has 0 saturated heterocycles. The molecule has 0 amide bonds. The molecule has 0 saturated carbocycles. The van der Waals surface area contributed by atoms with Crippen LogP contribution in [0.25, 0.3) is 0 Å². The van der Waals surface area contributed by atoms with Crippen molar-refractivity contribution in [2.24, 2.45) is 5.10 Å². The van der Waals surface area contributed by atoms with E-state index in [0.717, 1.165) is 16.9 Å². The predicted molar refractivity (Wildman–Crippen MR) is 114 cm³/mol. The first kappa shape index (κ1) is 21.1. The van der Waals surface area contributed by atoms with Crippen LogP contribution in [0.15, 0.2) is 76.7 Å². The molecule has 3 rings (SSSR count). The number of benzene rings is 3. The maximum atomic E-state index is 13.7. The second-order valence-corrected chi connectivity index (χ2v) is 8.04. The number of rotatable bonds is 5. The van der Waals surface area contributed by atoms with Crippen molar-refractivity contribution in [3.8, 4) is 17.6 Å². The van der Waals surface area contributed by atoms with Crippen molar-refractivity contribution in [1.29, 1.82) is 0 Å². The molecule has 0 aliphatic carbocycles. The average Bonchev–Trinajstić information content (AvgIpc) is 2.74. The van der Waals surface area contributed by atoms with E-state index in [2.05, 4.69) is 21.8 Å². The molecule has 1 N–H and O–H groups in total. The van der Waals surface area contributed by atoms with Gasteiger partial charge < -0.3 is 4.74 Å². The maximum Gasteiger partial charge on any atom is 0.276 e. The highest BCUT2D eigenvalue weighted by Gasteiger charge is 2.12. The van der Waals surface area contributed by atoms with Gasteiger partial charge in [0.15, 0.2) is 0 Å². The van der Waals surface area contributed by atoms with E-state index in [4.69, 9.17) is 4.74 Å². The van der Waals surface area contributed by atoms with Crippen LogP contribution in [0.3, 0.4) is 0 Å². The van der Waals surface area contributed by atoms with Gasteiger partial charge in [0.2, 0.25) is 0 Å². The second-order valence-electron chi connectivity index (χ2n) is 6.38. The second kappa shape index (κ2) is 9.25. The van der Waals surface area contributed by atoms with Gasteiger partial charge >= 0.3 is 0 Å². The normalized spacial score (nSPS) is 11.0. The molecule has 3 aromatic rings. The first-order valence-electron chi connectivity index (χ1n) is 8.94. The van der Waals surface area contributed by atoms with E-state index in [-0.39, 0.29) is 4.90 Å². The predicted octanol–water partition coefficient (Wildman–Crippen LogP) is 3.85. The Morgan fingerprint density at radius 1 is 1.00 bits per heavy atom. The molecule has 0 bridgehead atoms. The quantitative estimate of drug-likeness (QED) is 0.386. The number of hydrogen-bond donors (Lipinski definition) is 1. The smallest absolute Gasteiger partial charge is 0.276 e. The number of nitrogens with one attached hydrogen (secondary N) is 1. The van der Waals surface area contributed by atoms with Crippen molar-refractivity contribution in [1.82, 2.24) is 4.83 Å². The number of aryl methyl sites for hydroxylation is 1. The Morgan fingerprint density at radius 2 is 1.70 bits per heavy atom. The molecule has 30 heavy (non-hydrogen) atoms. The molecule has 0 unspecified atom stereocenters. The van der Waals surface area contributed by atoms with Crippen LogP contribution in [0.4, 0.5) is 4.39 Å². The number of nitrogens with zero attached hydrogens (tertiary/aromatic N) is 1. The molecule has 0 heterocycles. The van der Waals surface area contributed by atoms with E-state index in [9.17, 15) is 12.8 Å². The van der Waals surface area contributed by atoms with E-state index in [1.165, 1.54) is 36.5 Å². The van der Waals surface area contributed by atoms with Gasteiger partial charge in [-0.3, -0.25) is 0 Å². The lowest BCUT2D eigenvalue weighted by Crippen LogP contribution is -2.18. The van der Waals surface area contributed by atoms with E-state index in [1.807, 2.05) is 6.92 Å². The minimum Gasteiger partial charge on any atom is -0.497 e. The summed E-state index contributed by atoms with van der Waals surface area (Å²) in [6, 6.07) is 17.6. The van der Waals surface area contributed by atoms with Crippen LogP contribution in [0.5, 0.6) is 5.75 Å². The van der Waals surface area contributed by atoms with Crippen LogP contribution < -0.4 is 9.57 Å². The Bertz CT molecular complexity index is 1220. The van der Waals surface area contributed by atoms with Gasteiger partial charge in [0.1, 0.15) is 11.6 Å². The van der Waals surface area contributed by atoms with Crippen LogP contribution in [0.1, 0.15) is 22.3 Å². The fraction of sp³-hybridized carbons (Fsp3) is 0.0870. The summed E-state index contributed by atoms with van der Waals surface area (Å²) in [6.07, 6.45) is 1.23. The van der Waals surface area contributed by atoms with Gasteiger partial charge in [0.05, 0.1) is 18.2 Å². The standard InChI is InChI=1S/C23H19FN2O3S/c1-17-3-13-23(14-4-17)30(27,28)26-25-16-20-15-21(24)10-9-19(20)8-5-18-6-11-22(29-2)12-7-18/h3-4,6-7,9-16,26H,1-2H3/b25-16+. The van der Waals surface area contributed by atoms with E-state index in [0.29, 0.717) is 11.1 Å². The summed E-state index contributed by atoms with van der Waals surface area (Å²) in [4.78, 5) is 2.22. The molecular formula is C23H19FN2O3S. The summed E-state index contributed by atoms with van der Waals surface area (Å²) < 4.78 is 43.4. The number of methoxy groups -OCH3 is 1. The lowest BCUT2D eigenvalue weighted by molar-refractivity contribution is 0.415. The Morgan fingerprint density at radius 3 is 2.37 bits per heavy atom. The summed E-state index contributed by atoms with van der Waals surface area (Å²) in [5.74, 6) is 6.18. The van der Waals surface area contributed by atoms with Crippen LogP contribution in [0.2, 0.25) is 0 Å². The number of halogens is 1. The van der Waals surface area contributed by atoms with Crippen molar-refractivity contribution in [3.05, 3.63) is 94.8 Å². The van der Waals surface area contributed by atoms with Gasteiger partial charge in [0, 0.05) is 16.7 Å². The van der Waals surface area contributed by atoms with Crippen molar-refractivity contribution in [2.45, 2.75) is 11.8 Å². The monoisotopic (exact) mass is 422 g/mol. The summed E-state index contributed by atoms with van der Waals surface area (Å²) in [5.41, 5.74) is 2.55. The third-order valence-corrected chi connectivity index (χ3v) is 5.39. The van der Waals surface area contributed by atoms with Crippen molar-refractivity contribution < 1.29 is 17.5 Å². The molecule has 0 aliphatic heterocycles. The van der Waals surface area contributed by atoms with Crippen LogP contribution >= 0.6 is 0 Å².